The lowest BCUT2D eigenvalue weighted by Crippen LogP contribution is -2.27. The monoisotopic (exact) mass is 245 g/mol. The number of rotatable bonds is 5. The molecule has 1 aromatic carbocycles. The van der Waals surface area contributed by atoms with Gasteiger partial charge in [0.1, 0.15) is 6.04 Å². The summed E-state index contributed by atoms with van der Waals surface area (Å²) in [6.45, 7) is 7.23. The Labute approximate surface area is 108 Å². The zero-order valence-corrected chi connectivity index (χ0v) is 11.1. The highest BCUT2D eigenvalue weighted by Crippen LogP contribution is 2.21. The Balaban J connectivity index is 2.88. The van der Waals surface area contributed by atoms with Crippen molar-refractivity contribution < 1.29 is 4.79 Å². The normalized spacial score (nSPS) is 11.9. The van der Waals surface area contributed by atoms with Gasteiger partial charge in [-0.2, -0.15) is 5.26 Å². The second-order valence-electron chi connectivity index (χ2n) is 4.06. The maximum absolute atomic E-state index is 10.9. The Bertz CT molecular complexity index is 429. The molecule has 18 heavy (non-hydrogen) atoms. The van der Waals surface area contributed by atoms with E-state index in [0.717, 1.165) is 24.3 Å². The first-order chi connectivity index (χ1) is 8.62. The molecule has 0 aromatic heterocycles. The minimum atomic E-state index is -0.230. The van der Waals surface area contributed by atoms with Crippen LogP contribution in [0.4, 0.5) is 5.69 Å². The number of nitrogens with one attached hydrogen (secondary N) is 1. The molecule has 0 aliphatic rings. The van der Waals surface area contributed by atoms with Gasteiger partial charge < -0.3 is 5.32 Å². The average Bonchev–Trinajstić information content (AvgIpc) is 2.36. The minimum absolute atomic E-state index is 0.0941. The van der Waals surface area contributed by atoms with Crippen molar-refractivity contribution >= 4 is 11.6 Å². The molecule has 0 aliphatic carbocycles. The SMILES string of the molecule is CCN(CC)C(C#N)c1ccc(NC(C)=O)cc1. The van der Waals surface area contributed by atoms with Crippen LogP contribution in [0, 0.1) is 11.3 Å². The van der Waals surface area contributed by atoms with Crippen molar-refractivity contribution in [2.24, 2.45) is 0 Å². The predicted octanol–water partition coefficient (Wildman–Crippen LogP) is 2.55. The smallest absolute Gasteiger partial charge is 0.221 e. The van der Waals surface area contributed by atoms with Gasteiger partial charge in [-0.15, -0.1) is 0 Å². The quantitative estimate of drug-likeness (QED) is 0.867. The molecule has 0 saturated carbocycles. The lowest BCUT2D eigenvalue weighted by atomic mass is 10.1. The highest BCUT2D eigenvalue weighted by Gasteiger charge is 2.16. The fraction of sp³-hybridized carbons (Fsp3) is 0.429. The van der Waals surface area contributed by atoms with Crippen molar-refractivity contribution in [3.8, 4) is 6.07 Å². The summed E-state index contributed by atoms with van der Waals surface area (Å²) in [5, 5.41) is 12.0. The van der Waals surface area contributed by atoms with Crippen molar-refractivity contribution in [3.05, 3.63) is 29.8 Å². The van der Waals surface area contributed by atoms with E-state index in [0.29, 0.717) is 0 Å². The molecule has 1 N–H and O–H groups in total. The predicted molar refractivity (Wildman–Crippen MR) is 72.0 cm³/mol. The van der Waals surface area contributed by atoms with E-state index in [1.165, 1.54) is 6.92 Å². The van der Waals surface area contributed by atoms with Gasteiger partial charge in [0.15, 0.2) is 0 Å². The first-order valence-corrected chi connectivity index (χ1v) is 6.13. The van der Waals surface area contributed by atoms with Gasteiger partial charge in [0.2, 0.25) is 5.91 Å². The van der Waals surface area contributed by atoms with E-state index < -0.39 is 0 Å². The van der Waals surface area contributed by atoms with E-state index in [2.05, 4.69) is 16.3 Å². The first-order valence-electron chi connectivity index (χ1n) is 6.13. The highest BCUT2D eigenvalue weighted by molar-refractivity contribution is 5.88. The van der Waals surface area contributed by atoms with Crippen LogP contribution in [0.25, 0.3) is 0 Å². The Morgan fingerprint density at radius 3 is 2.28 bits per heavy atom. The van der Waals surface area contributed by atoms with Crippen molar-refractivity contribution in [2.45, 2.75) is 26.8 Å². The van der Waals surface area contributed by atoms with Gasteiger partial charge in [-0.1, -0.05) is 26.0 Å². The van der Waals surface area contributed by atoms with Gasteiger partial charge >= 0.3 is 0 Å². The van der Waals surface area contributed by atoms with Gasteiger partial charge in [0, 0.05) is 12.6 Å². The van der Waals surface area contributed by atoms with Crippen molar-refractivity contribution in [3.63, 3.8) is 0 Å². The molecule has 4 nitrogen and oxygen atoms in total. The zero-order valence-electron chi connectivity index (χ0n) is 11.1. The molecule has 0 saturated heterocycles. The molecule has 1 aromatic rings. The number of nitrogens with zero attached hydrogens (tertiary/aromatic N) is 2. The van der Waals surface area contributed by atoms with Crippen LogP contribution >= 0.6 is 0 Å². The molecule has 4 heteroatoms. The van der Waals surface area contributed by atoms with Crippen LogP contribution in [-0.2, 0) is 4.79 Å². The standard InChI is InChI=1S/C14H19N3O/c1-4-17(5-2)14(10-15)12-6-8-13(9-7-12)16-11(3)18/h6-9,14H,4-5H2,1-3H3,(H,16,18). The molecule has 0 spiro atoms. The van der Waals surface area contributed by atoms with Crippen LogP contribution in [0.15, 0.2) is 24.3 Å². The summed E-state index contributed by atoms with van der Waals surface area (Å²) in [6, 6.07) is 9.51. The second kappa shape index (κ2) is 6.77. The summed E-state index contributed by atoms with van der Waals surface area (Å²) in [5.74, 6) is -0.0941. The Kier molecular flexibility index (Phi) is 5.34. The van der Waals surface area contributed by atoms with E-state index in [4.69, 9.17) is 0 Å². The van der Waals surface area contributed by atoms with E-state index >= 15 is 0 Å². The molecule has 1 atom stereocenters. The minimum Gasteiger partial charge on any atom is -0.326 e. The largest absolute Gasteiger partial charge is 0.326 e. The zero-order chi connectivity index (χ0) is 13.5. The van der Waals surface area contributed by atoms with Crippen LogP contribution in [-0.4, -0.2) is 23.9 Å². The molecule has 1 unspecified atom stereocenters. The number of hydrogen-bond acceptors (Lipinski definition) is 3. The summed E-state index contributed by atoms with van der Waals surface area (Å²) in [5.41, 5.74) is 1.71. The molecule has 96 valence electrons. The van der Waals surface area contributed by atoms with Crippen LogP contribution in [0.2, 0.25) is 0 Å². The second-order valence-corrected chi connectivity index (χ2v) is 4.06. The van der Waals surface area contributed by atoms with Crippen molar-refractivity contribution in [2.75, 3.05) is 18.4 Å². The van der Waals surface area contributed by atoms with Crippen molar-refractivity contribution in [1.29, 1.82) is 5.26 Å². The summed E-state index contributed by atoms with van der Waals surface area (Å²) < 4.78 is 0. The molecule has 1 rings (SSSR count). The number of nitriles is 1. The maximum atomic E-state index is 10.9. The van der Waals surface area contributed by atoms with E-state index in [1.807, 2.05) is 38.1 Å². The third-order valence-electron chi connectivity index (χ3n) is 2.85. The number of carbonyl (C=O) groups is 1. The fourth-order valence-electron chi connectivity index (χ4n) is 1.91. The number of hydrogen-bond donors (Lipinski definition) is 1. The molecule has 1 amide bonds. The Hall–Kier alpha value is -1.86. The molecule has 0 heterocycles. The Morgan fingerprint density at radius 1 is 1.33 bits per heavy atom. The third kappa shape index (κ3) is 3.57. The topological polar surface area (TPSA) is 56.1 Å². The maximum Gasteiger partial charge on any atom is 0.221 e. The summed E-state index contributed by atoms with van der Waals surface area (Å²) in [4.78, 5) is 13.0. The number of anilines is 1. The third-order valence-corrected chi connectivity index (χ3v) is 2.85. The number of benzene rings is 1. The van der Waals surface area contributed by atoms with Crippen LogP contribution in [0.5, 0.6) is 0 Å². The summed E-state index contributed by atoms with van der Waals surface area (Å²) >= 11 is 0. The van der Waals surface area contributed by atoms with Gasteiger partial charge in [-0.3, -0.25) is 9.69 Å². The molecule has 0 aliphatic heterocycles. The molecule has 0 radical (unpaired) electrons. The first kappa shape index (κ1) is 14.2. The van der Waals surface area contributed by atoms with Crippen LogP contribution in [0.1, 0.15) is 32.4 Å². The fourth-order valence-corrected chi connectivity index (χ4v) is 1.91. The average molecular weight is 245 g/mol. The number of carbonyl (C=O) groups excluding carboxylic acids is 1. The van der Waals surface area contributed by atoms with E-state index in [-0.39, 0.29) is 11.9 Å². The van der Waals surface area contributed by atoms with Gasteiger partial charge in [0.05, 0.1) is 6.07 Å². The van der Waals surface area contributed by atoms with E-state index in [1.54, 1.807) is 0 Å². The lowest BCUT2D eigenvalue weighted by molar-refractivity contribution is -0.114. The van der Waals surface area contributed by atoms with Crippen LogP contribution < -0.4 is 5.32 Å². The molecule has 0 bridgehead atoms. The summed E-state index contributed by atoms with van der Waals surface area (Å²) in [7, 11) is 0. The van der Waals surface area contributed by atoms with Crippen molar-refractivity contribution in [1.82, 2.24) is 4.90 Å². The van der Waals surface area contributed by atoms with Gasteiger partial charge in [-0.25, -0.2) is 0 Å². The Morgan fingerprint density at radius 2 is 1.89 bits per heavy atom. The summed E-state index contributed by atoms with van der Waals surface area (Å²) in [6.07, 6.45) is 0. The molecule has 0 fully saturated rings. The van der Waals surface area contributed by atoms with Gasteiger partial charge in [0.25, 0.3) is 0 Å². The lowest BCUT2D eigenvalue weighted by Gasteiger charge is -2.24. The highest BCUT2D eigenvalue weighted by atomic mass is 16.1. The van der Waals surface area contributed by atoms with E-state index in [9.17, 15) is 10.1 Å². The van der Waals surface area contributed by atoms with Gasteiger partial charge in [-0.05, 0) is 30.8 Å². The van der Waals surface area contributed by atoms with Crippen LogP contribution in [0.3, 0.4) is 0 Å². The number of amides is 1. The molecular weight excluding hydrogens is 226 g/mol. The molecular formula is C14H19N3O.